The van der Waals surface area contributed by atoms with Crippen LogP contribution < -0.4 is 0 Å². The minimum absolute atomic E-state index is 0.460. The smallest absolute Gasteiger partial charge is 0.254 e. The molecule has 0 bridgehead atoms. The van der Waals surface area contributed by atoms with Crippen LogP contribution in [0.1, 0.15) is 15.2 Å². The maximum Gasteiger partial charge on any atom is 0.254 e. The number of hydrogen-bond acceptors (Lipinski definition) is 2. The summed E-state index contributed by atoms with van der Waals surface area (Å²) in [5, 5.41) is 1.53. The number of fused-ring (bicyclic) bond motifs is 1. The first-order valence-corrected chi connectivity index (χ1v) is 6.93. The third-order valence-electron chi connectivity index (χ3n) is 2.36. The number of hydrogen-bond donors (Lipinski definition) is 0. The van der Waals surface area contributed by atoms with Gasteiger partial charge in [0.2, 0.25) is 5.78 Å². The number of carbonyl (C=O) groups excluding carboxylic acids is 1. The van der Waals surface area contributed by atoms with Gasteiger partial charge in [-0.05, 0) is 36.1 Å². The number of halogens is 4. The van der Waals surface area contributed by atoms with Gasteiger partial charge in [0.15, 0.2) is 0 Å². The number of thiophene rings is 1. The SMILES string of the molecule is Cc1c(C(=O)C(Cl)(Cl)Cl)sc2ccc(Cl)cc12. The number of Topliss-reactive ketones (excluding diaryl/α,β-unsaturated/α-hetero) is 1. The first-order chi connectivity index (χ1) is 7.80. The zero-order chi connectivity index (χ0) is 12.8. The highest BCUT2D eigenvalue weighted by atomic mass is 35.6. The third kappa shape index (κ3) is 2.56. The van der Waals surface area contributed by atoms with Crippen molar-refractivity contribution in [3.63, 3.8) is 0 Å². The van der Waals surface area contributed by atoms with Gasteiger partial charge < -0.3 is 0 Å². The summed E-state index contributed by atoms with van der Waals surface area (Å²) in [4.78, 5) is 12.4. The van der Waals surface area contributed by atoms with Gasteiger partial charge in [-0.15, -0.1) is 11.3 Å². The van der Waals surface area contributed by atoms with Crippen molar-refractivity contribution in [2.75, 3.05) is 0 Å². The summed E-state index contributed by atoms with van der Waals surface area (Å²) in [5.74, 6) is -0.502. The number of aryl methyl sites for hydroxylation is 1. The molecule has 0 atom stereocenters. The largest absolute Gasteiger partial charge is 0.288 e. The number of benzene rings is 1. The minimum Gasteiger partial charge on any atom is -0.288 e. The quantitative estimate of drug-likeness (QED) is 0.505. The minimum atomic E-state index is -1.92. The molecule has 0 aliphatic heterocycles. The lowest BCUT2D eigenvalue weighted by Gasteiger charge is -2.07. The molecule has 0 spiro atoms. The van der Waals surface area contributed by atoms with Gasteiger partial charge in [-0.2, -0.15) is 0 Å². The lowest BCUT2D eigenvalue weighted by Crippen LogP contribution is -2.18. The molecule has 1 aromatic carbocycles. The van der Waals surface area contributed by atoms with E-state index in [-0.39, 0.29) is 0 Å². The van der Waals surface area contributed by atoms with Gasteiger partial charge >= 0.3 is 0 Å². The van der Waals surface area contributed by atoms with Crippen molar-refractivity contribution < 1.29 is 4.79 Å². The van der Waals surface area contributed by atoms with Crippen molar-refractivity contribution in [1.82, 2.24) is 0 Å². The van der Waals surface area contributed by atoms with E-state index in [1.165, 1.54) is 11.3 Å². The topological polar surface area (TPSA) is 17.1 Å². The van der Waals surface area contributed by atoms with Crippen molar-refractivity contribution >= 4 is 73.6 Å². The summed E-state index contributed by atoms with van der Waals surface area (Å²) in [6.45, 7) is 1.82. The molecule has 17 heavy (non-hydrogen) atoms. The van der Waals surface area contributed by atoms with Crippen LogP contribution in [-0.4, -0.2) is 9.58 Å². The molecule has 1 aromatic heterocycles. The fraction of sp³-hybridized carbons (Fsp3) is 0.182. The number of carbonyl (C=O) groups is 1. The Balaban J connectivity index is 2.65. The Morgan fingerprint density at radius 3 is 2.53 bits per heavy atom. The van der Waals surface area contributed by atoms with Gasteiger partial charge in [0.25, 0.3) is 3.79 Å². The molecule has 0 aliphatic carbocycles. The molecule has 6 heteroatoms. The molecule has 0 fully saturated rings. The Morgan fingerprint density at radius 2 is 1.94 bits per heavy atom. The van der Waals surface area contributed by atoms with E-state index in [0.29, 0.717) is 9.90 Å². The predicted octanol–water partition coefficient (Wildman–Crippen LogP) is 5.42. The van der Waals surface area contributed by atoms with Gasteiger partial charge in [-0.3, -0.25) is 4.79 Å². The number of ketones is 1. The van der Waals surface area contributed by atoms with Crippen molar-refractivity contribution in [3.05, 3.63) is 33.7 Å². The van der Waals surface area contributed by atoms with Gasteiger partial charge in [-0.25, -0.2) is 0 Å². The highest BCUT2D eigenvalue weighted by Crippen LogP contribution is 2.38. The zero-order valence-corrected chi connectivity index (χ0v) is 12.4. The average molecular weight is 328 g/mol. The van der Waals surface area contributed by atoms with Crippen LogP contribution in [0.5, 0.6) is 0 Å². The second-order valence-electron chi connectivity index (χ2n) is 3.52. The molecule has 1 nitrogen and oxygen atoms in total. The normalized spacial score (nSPS) is 12.1. The highest BCUT2D eigenvalue weighted by Gasteiger charge is 2.34. The van der Waals surface area contributed by atoms with Crippen LogP contribution in [0.3, 0.4) is 0 Å². The third-order valence-corrected chi connectivity index (χ3v) is 4.38. The summed E-state index contributed by atoms with van der Waals surface area (Å²) in [5.41, 5.74) is 0.795. The number of alkyl halides is 3. The summed E-state index contributed by atoms with van der Waals surface area (Å²) in [6.07, 6.45) is 0. The fourth-order valence-corrected chi connectivity index (χ4v) is 3.35. The molecule has 0 radical (unpaired) electrons. The van der Waals surface area contributed by atoms with E-state index in [9.17, 15) is 4.79 Å². The van der Waals surface area contributed by atoms with Gasteiger partial charge in [0.1, 0.15) is 0 Å². The predicted molar refractivity (Wildman–Crippen MR) is 76.2 cm³/mol. The monoisotopic (exact) mass is 326 g/mol. The van der Waals surface area contributed by atoms with Crippen LogP contribution in [0.2, 0.25) is 5.02 Å². The van der Waals surface area contributed by atoms with Gasteiger partial charge in [-0.1, -0.05) is 46.4 Å². The van der Waals surface area contributed by atoms with Crippen molar-refractivity contribution in [1.29, 1.82) is 0 Å². The Morgan fingerprint density at radius 1 is 1.29 bits per heavy atom. The molecule has 2 aromatic rings. The van der Waals surface area contributed by atoms with E-state index < -0.39 is 9.58 Å². The van der Waals surface area contributed by atoms with Crippen LogP contribution in [0.15, 0.2) is 18.2 Å². The lowest BCUT2D eigenvalue weighted by atomic mass is 10.1. The van der Waals surface area contributed by atoms with E-state index >= 15 is 0 Å². The van der Waals surface area contributed by atoms with Gasteiger partial charge in [0.05, 0.1) is 4.88 Å². The molecule has 90 valence electrons. The molecule has 0 aliphatic rings. The standard InChI is InChI=1S/C11H6Cl4OS/c1-5-7-4-6(12)2-3-8(7)17-9(5)10(16)11(13,14)15/h2-4H,1H3. The molecule has 0 unspecified atom stereocenters. The summed E-state index contributed by atoms with van der Waals surface area (Å²) < 4.78 is -0.973. The van der Waals surface area contributed by atoms with Crippen LogP contribution in [0.4, 0.5) is 0 Å². The second-order valence-corrected chi connectivity index (χ2v) is 7.29. The fourth-order valence-electron chi connectivity index (χ4n) is 1.54. The zero-order valence-electron chi connectivity index (χ0n) is 8.56. The highest BCUT2D eigenvalue weighted by molar-refractivity contribution is 7.21. The first kappa shape index (κ1) is 13.4. The Hall–Kier alpha value is 0.01000. The van der Waals surface area contributed by atoms with Crippen LogP contribution in [0, 0.1) is 6.92 Å². The van der Waals surface area contributed by atoms with Gasteiger partial charge in [0, 0.05) is 9.72 Å². The molecule has 0 amide bonds. The average Bonchev–Trinajstić information content (AvgIpc) is 2.54. The van der Waals surface area contributed by atoms with Crippen molar-refractivity contribution in [3.8, 4) is 0 Å². The Bertz CT molecular complexity index is 597. The Kier molecular flexibility index (Phi) is 3.64. The second kappa shape index (κ2) is 4.60. The van der Waals surface area contributed by atoms with Crippen LogP contribution >= 0.6 is 57.7 Å². The van der Waals surface area contributed by atoms with E-state index in [1.54, 1.807) is 12.1 Å². The summed E-state index contributed by atoms with van der Waals surface area (Å²) in [6, 6.07) is 5.42. The van der Waals surface area contributed by atoms with Crippen molar-refractivity contribution in [2.24, 2.45) is 0 Å². The molecule has 0 saturated heterocycles. The maximum absolute atomic E-state index is 11.9. The first-order valence-electron chi connectivity index (χ1n) is 4.61. The van der Waals surface area contributed by atoms with Crippen LogP contribution in [0.25, 0.3) is 10.1 Å². The Labute approximate surface area is 122 Å². The molecule has 1 heterocycles. The van der Waals surface area contributed by atoms with E-state index in [2.05, 4.69) is 0 Å². The summed E-state index contributed by atoms with van der Waals surface area (Å²) >= 11 is 24.0. The lowest BCUT2D eigenvalue weighted by molar-refractivity contribution is 0.1000. The molecule has 0 N–H and O–H groups in total. The maximum atomic E-state index is 11.9. The number of rotatable bonds is 1. The van der Waals surface area contributed by atoms with Crippen LogP contribution in [-0.2, 0) is 0 Å². The molecule has 2 rings (SSSR count). The summed E-state index contributed by atoms with van der Waals surface area (Å²) in [7, 11) is 0. The van der Waals surface area contributed by atoms with Crippen molar-refractivity contribution in [2.45, 2.75) is 10.7 Å². The van der Waals surface area contributed by atoms with E-state index in [0.717, 1.165) is 15.6 Å². The molecular weight excluding hydrogens is 322 g/mol. The molecular formula is C11H6Cl4OS. The van der Waals surface area contributed by atoms with E-state index in [1.807, 2.05) is 13.0 Å². The molecule has 0 saturated carbocycles. The van der Waals surface area contributed by atoms with E-state index in [4.69, 9.17) is 46.4 Å².